The van der Waals surface area contributed by atoms with Crippen LogP contribution in [0.25, 0.3) is 0 Å². The number of methoxy groups -OCH3 is 1. The quantitative estimate of drug-likeness (QED) is 0.719. The van der Waals surface area contributed by atoms with Gasteiger partial charge in [0.2, 0.25) is 0 Å². The number of benzene rings is 1. The molecule has 6 heteroatoms. The Bertz CT molecular complexity index is 345. The first kappa shape index (κ1) is 15.4. The van der Waals surface area contributed by atoms with Gasteiger partial charge in [-0.1, -0.05) is 6.07 Å². The number of hydrogen-bond donors (Lipinski definition) is 2. The van der Waals surface area contributed by atoms with Crippen LogP contribution in [0.3, 0.4) is 0 Å². The Labute approximate surface area is 114 Å². The van der Waals surface area contributed by atoms with Crippen LogP contribution in [0.2, 0.25) is 0 Å². The van der Waals surface area contributed by atoms with Gasteiger partial charge in [0.05, 0.1) is 31.6 Å². The Balaban J connectivity index is 2.31. The molecule has 0 saturated carbocycles. The fourth-order valence-electron chi connectivity index (χ4n) is 1.31. The molecule has 0 aliphatic rings. The van der Waals surface area contributed by atoms with Crippen molar-refractivity contribution < 1.29 is 19.0 Å². The molecule has 0 bridgehead atoms. The summed E-state index contributed by atoms with van der Waals surface area (Å²) in [5, 5.41) is 12.5. The van der Waals surface area contributed by atoms with E-state index in [0.717, 1.165) is 0 Å². The number of nitrogens with one attached hydrogen (secondary N) is 1. The van der Waals surface area contributed by atoms with Gasteiger partial charge in [-0.2, -0.15) is 0 Å². The second-order valence-corrected chi connectivity index (χ2v) is 4.55. The molecule has 4 nitrogen and oxygen atoms in total. The molecule has 0 aromatic heterocycles. The van der Waals surface area contributed by atoms with E-state index < -0.39 is 6.10 Å². The largest absolute Gasteiger partial charge is 0.389 e. The zero-order valence-electron chi connectivity index (χ0n) is 10.2. The summed E-state index contributed by atoms with van der Waals surface area (Å²) in [4.78, 5) is 0. The number of anilines is 1. The van der Waals surface area contributed by atoms with Gasteiger partial charge in [0, 0.05) is 18.1 Å². The number of para-hydroxylation sites is 1. The van der Waals surface area contributed by atoms with Crippen LogP contribution in [0.4, 0.5) is 10.1 Å². The van der Waals surface area contributed by atoms with Crippen molar-refractivity contribution in [1.29, 1.82) is 0 Å². The van der Waals surface area contributed by atoms with Crippen LogP contribution >= 0.6 is 15.9 Å². The summed E-state index contributed by atoms with van der Waals surface area (Å²) in [6.07, 6.45) is -0.701. The molecule has 102 valence electrons. The molecule has 0 fully saturated rings. The summed E-state index contributed by atoms with van der Waals surface area (Å²) in [6, 6.07) is 4.69. The van der Waals surface area contributed by atoms with Crippen molar-refractivity contribution in [3.8, 4) is 0 Å². The van der Waals surface area contributed by atoms with Crippen LogP contribution in [0, 0.1) is 5.82 Å². The molecule has 1 aromatic carbocycles. The lowest BCUT2D eigenvalue weighted by molar-refractivity contribution is 0.0182. The Morgan fingerprint density at radius 2 is 2.22 bits per heavy atom. The third-order valence-electron chi connectivity index (χ3n) is 2.22. The van der Waals surface area contributed by atoms with Crippen LogP contribution in [-0.2, 0) is 9.47 Å². The molecular weight excluding hydrogens is 305 g/mol. The lowest BCUT2D eigenvalue weighted by atomic mass is 10.3. The number of ether oxygens (including phenoxy) is 2. The Kier molecular flexibility index (Phi) is 7.19. The van der Waals surface area contributed by atoms with Crippen LogP contribution in [-0.4, -0.2) is 44.7 Å². The van der Waals surface area contributed by atoms with Crippen molar-refractivity contribution in [2.24, 2.45) is 0 Å². The lowest BCUT2D eigenvalue weighted by Gasteiger charge is -2.14. The summed E-state index contributed by atoms with van der Waals surface area (Å²) in [6.45, 7) is 1.31. The highest BCUT2D eigenvalue weighted by atomic mass is 79.9. The average Bonchev–Trinajstić information content (AvgIpc) is 2.34. The molecule has 0 saturated heterocycles. The van der Waals surface area contributed by atoms with Gasteiger partial charge < -0.3 is 19.9 Å². The summed E-state index contributed by atoms with van der Waals surface area (Å²) < 4.78 is 24.0. The molecule has 0 radical (unpaired) electrons. The van der Waals surface area contributed by atoms with Gasteiger partial charge in [-0.15, -0.1) is 0 Å². The van der Waals surface area contributed by atoms with E-state index in [2.05, 4.69) is 21.2 Å². The SMILES string of the molecule is COCCOCC(O)CNc1c(F)cccc1Br. The zero-order chi connectivity index (χ0) is 13.4. The van der Waals surface area contributed by atoms with Crippen molar-refractivity contribution in [2.75, 3.05) is 38.8 Å². The highest BCUT2D eigenvalue weighted by Gasteiger charge is 2.09. The van der Waals surface area contributed by atoms with Gasteiger partial charge in [-0.05, 0) is 28.1 Å². The normalized spacial score (nSPS) is 12.4. The first-order valence-electron chi connectivity index (χ1n) is 5.57. The monoisotopic (exact) mass is 321 g/mol. The number of aliphatic hydroxyl groups is 1. The molecular formula is C12H17BrFNO3. The molecule has 18 heavy (non-hydrogen) atoms. The number of aliphatic hydroxyl groups excluding tert-OH is 1. The summed E-state index contributed by atoms with van der Waals surface area (Å²) in [5.74, 6) is -0.364. The molecule has 1 aromatic rings. The molecule has 1 unspecified atom stereocenters. The van der Waals surface area contributed by atoms with E-state index in [0.29, 0.717) is 23.4 Å². The van der Waals surface area contributed by atoms with E-state index in [1.807, 2.05) is 0 Å². The first-order chi connectivity index (χ1) is 8.65. The minimum absolute atomic E-state index is 0.183. The molecule has 0 amide bonds. The van der Waals surface area contributed by atoms with Crippen LogP contribution in [0.1, 0.15) is 0 Å². The summed E-state index contributed by atoms with van der Waals surface area (Å²) >= 11 is 3.24. The molecule has 1 atom stereocenters. The van der Waals surface area contributed by atoms with E-state index in [4.69, 9.17) is 9.47 Å². The second-order valence-electron chi connectivity index (χ2n) is 3.70. The van der Waals surface area contributed by atoms with Crippen molar-refractivity contribution in [1.82, 2.24) is 0 Å². The minimum Gasteiger partial charge on any atom is -0.389 e. The Hall–Kier alpha value is -0.690. The fraction of sp³-hybridized carbons (Fsp3) is 0.500. The molecule has 2 N–H and O–H groups in total. The average molecular weight is 322 g/mol. The van der Waals surface area contributed by atoms with Crippen LogP contribution in [0.15, 0.2) is 22.7 Å². The molecule has 1 rings (SSSR count). The highest BCUT2D eigenvalue weighted by molar-refractivity contribution is 9.10. The minimum atomic E-state index is -0.701. The van der Waals surface area contributed by atoms with Crippen LogP contribution < -0.4 is 5.32 Å². The van der Waals surface area contributed by atoms with Crippen molar-refractivity contribution in [3.05, 3.63) is 28.5 Å². The highest BCUT2D eigenvalue weighted by Crippen LogP contribution is 2.24. The van der Waals surface area contributed by atoms with E-state index in [1.165, 1.54) is 6.07 Å². The lowest BCUT2D eigenvalue weighted by Crippen LogP contribution is -2.26. The van der Waals surface area contributed by atoms with Gasteiger partial charge >= 0.3 is 0 Å². The maximum atomic E-state index is 13.4. The fourth-order valence-corrected chi connectivity index (χ4v) is 1.79. The summed E-state index contributed by atoms with van der Waals surface area (Å²) in [5.41, 5.74) is 0.341. The number of hydrogen-bond acceptors (Lipinski definition) is 4. The zero-order valence-corrected chi connectivity index (χ0v) is 11.7. The van der Waals surface area contributed by atoms with Gasteiger partial charge in [0.1, 0.15) is 5.82 Å². The van der Waals surface area contributed by atoms with Gasteiger partial charge in [-0.3, -0.25) is 0 Å². The number of rotatable bonds is 8. The topological polar surface area (TPSA) is 50.7 Å². The van der Waals surface area contributed by atoms with E-state index >= 15 is 0 Å². The predicted octanol–water partition coefficient (Wildman–Crippen LogP) is 2.02. The van der Waals surface area contributed by atoms with E-state index in [1.54, 1.807) is 19.2 Å². The second kappa shape index (κ2) is 8.42. The van der Waals surface area contributed by atoms with E-state index in [9.17, 15) is 9.50 Å². The van der Waals surface area contributed by atoms with Crippen molar-refractivity contribution >= 4 is 21.6 Å². The third kappa shape index (κ3) is 5.30. The standard InChI is InChI=1S/C12H17BrFNO3/c1-17-5-6-18-8-9(16)7-15-12-10(13)3-2-4-11(12)14/h2-4,9,15-16H,5-8H2,1H3. The van der Waals surface area contributed by atoms with Crippen LogP contribution in [0.5, 0.6) is 0 Å². The maximum Gasteiger partial charge on any atom is 0.147 e. The Morgan fingerprint density at radius 3 is 2.89 bits per heavy atom. The first-order valence-corrected chi connectivity index (χ1v) is 6.37. The van der Waals surface area contributed by atoms with Crippen molar-refractivity contribution in [3.63, 3.8) is 0 Å². The molecule has 0 aliphatic carbocycles. The van der Waals surface area contributed by atoms with Gasteiger partial charge in [0.15, 0.2) is 0 Å². The third-order valence-corrected chi connectivity index (χ3v) is 2.88. The van der Waals surface area contributed by atoms with Gasteiger partial charge in [0.25, 0.3) is 0 Å². The summed E-state index contributed by atoms with van der Waals surface area (Å²) in [7, 11) is 1.58. The maximum absolute atomic E-state index is 13.4. The molecule has 0 heterocycles. The van der Waals surface area contributed by atoms with Crippen molar-refractivity contribution in [2.45, 2.75) is 6.10 Å². The molecule has 0 aliphatic heterocycles. The molecule has 0 spiro atoms. The number of halogens is 2. The van der Waals surface area contributed by atoms with E-state index in [-0.39, 0.29) is 19.0 Å². The van der Waals surface area contributed by atoms with Gasteiger partial charge in [-0.25, -0.2) is 4.39 Å². The predicted molar refractivity (Wildman–Crippen MR) is 71.3 cm³/mol. The Morgan fingerprint density at radius 1 is 1.44 bits per heavy atom. The smallest absolute Gasteiger partial charge is 0.147 e.